The van der Waals surface area contributed by atoms with Crippen LogP contribution in [-0.2, 0) is 0 Å². The van der Waals surface area contributed by atoms with Gasteiger partial charge >= 0.3 is 0 Å². The third kappa shape index (κ3) is 4.80. The van der Waals surface area contributed by atoms with Crippen molar-refractivity contribution in [2.24, 2.45) is 0 Å². The number of fused-ring (bicyclic) bond motifs is 12. The first-order valence-corrected chi connectivity index (χ1v) is 20.1. The number of hydrogen-bond donors (Lipinski definition) is 0. The van der Waals surface area contributed by atoms with Crippen LogP contribution in [0, 0.1) is 0 Å². The number of rotatable bonds is 4. The lowest BCUT2D eigenvalue weighted by Crippen LogP contribution is -1.96. The van der Waals surface area contributed by atoms with Crippen LogP contribution in [0.1, 0.15) is 0 Å². The summed E-state index contributed by atoms with van der Waals surface area (Å²) in [5.41, 5.74) is 10.9. The average molecular weight is 728 g/mol. The van der Waals surface area contributed by atoms with Gasteiger partial charge in [0, 0.05) is 36.6 Å². The molecule has 1 nitrogen and oxygen atoms in total. The molecular weight excluding hydrogens is 695 g/mol. The number of thiophene rings is 1. The molecule has 0 spiro atoms. The molecule has 260 valence electrons. The largest absolute Gasteiger partial charge is 0.309 e. The van der Waals surface area contributed by atoms with Crippen molar-refractivity contribution in [2.45, 2.75) is 0 Å². The third-order valence-corrected chi connectivity index (χ3v) is 12.9. The van der Waals surface area contributed by atoms with Crippen LogP contribution < -0.4 is 0 Å². The van der Waals surface area contributed by atoms with Crippen LogP contribution in [-0.4, -0.2) is 4.57 Å². The summed E-state index contributed by atoms with van der Waals surface area (Å²) >= 11 is 1.87. The molecule has 0 radical (unpaired) electrons. The third-order valence-electron chi connectivity index (χ3n) is 11.7. The Hall–Kier alpha value is -7.00. The Bertz CT molecular complexity index is 3460. The van der Waals surface area contributed by atoms with Crippen molar-refractivity contribution in [3.8, 4) is 39.1 Å². The standard InChI is InChI=1S/C54H33NS/c1-3-13-34(14-4-1)38-27-39(35-15-5-2-6-16-35)29-40(28-38)55-51-21-11-9-19-44(51)49-32-47-43-25-23-36(30-46(43)41-17-7-8-18-42(41)48(47)33-52(49)55)37-24-26-54-50(31-37)45-20-10-12-22-53(45)56-54/h1-33H. The zero-order valence-corrected chi connectivity index (χ0v) is 31.2. The Kier molecular flexibility index (Phi) is 6.87. The van der Waals surface area contributed by atoms with E-state index in [1.54, 1.807) is 0 Å². The van der Waals surface area contributed by atoms with E-state index in [9.17, 15) is 0 Å². The van der Waals surface area contributed by atoms with Crippen LogP contribution in [0.15, 0.2) is 200 Å². The zero-order chi connectivity index (χ0) is 36.7. The molecule has 0 unspecified atom stereocenters. The minimum Gasteiger partial charge on any atom is -0.309 e. The monoisotopic (exact) mass is 727 g/mol. The molecule has 56 heavy (non-hydrogen) atoms. The molecule has 0 atom stereocenters. The average Bonchev–Trinajstić information content (AvgIpc) is 3.81. The molecule has 10 aromatic carbocycles. The van der Waals surface area contributed by atoms with Crippen molar-refractivity contribution < 1.29 is 0 Å². The van der Waals surface area contributed by atoms with E-state index in [4.69, 9.17) is 0 Å². The van der Waals surface area contributed by atoms with E-state index in [1.807, 2.05) is 11.3 Å². The van der Waals surface area contributed by atoms with Gasteiger partial charge in [-0.2, -0.15) is 0 Å². The lowest BCUT2D eigenvalue weighted by atomic mass is 9.91. The molecule has 0 amide bonds. The predicted octanol–water partition coefficient (Wildman–Crippen LogP) is 15.6. The number of para-hydroxylation sites is 1. The van der Waals surface area contributed by atoms with Gasteiger partial charge in [0.1, 0.15) is 0 Å². The van der Waals surface area contributed by atoms with E-state index >= 15 is 0 Å². The van der Waals surface area contributed by atoms with E-state index < -0.39 is 0 Å². The molecule has 0 aliphatic heterocycles. The normalized spacial score (nSPS) is 11.9. The summed E-state index contributed by atoms with van der Waals surface area (Å²) in [6.45, 7) is 0. The number of hydrogen-bond acceptors (Lipinski definition) is 1. The molecule has 0 aliphatic carbocycles. The van der Waals surface area contributed by atoms with Crippen LogP contribution >= 0.6 is 11.3 Å². The molecule has 0 N–H and O–H groups in total. The maximum atomic E-state index is 2.48. The molecule has 12 aromatic rings. The van der Waals surface area contributed by atoms with Crippen LogP contribution in [0.3, 0.4) is 0 Å². The predicted molar refractivity (Wildman–Crippen MR) is 242 cm³/mol. The van der Waals surface area contributed by atoms with Gasteiger partial charge in [-0.05, 0) is 126 Å². The van der Waals surface area contributed by atoms with Crippen molar-refractivity contribution in [1.29, 1.82) is 0 Å². The molecule has 2 aromatic heterocycles. The Morgan fingerprint density at radius 2 is 0.768 bits per heavy atom. The summed E-state index contributed by atoms with van der Waals surface area (Å²) < 4.78 is 5.15. The Balaban J connectivity index is 1.12. The lowest BCUT2D eigenvalue weighted by molar-refractivity contribution is 1.18. The van der Waals surface area contributed by atoms with Crippen molar-refractivity contribution in [2.75, 3.05) is 0 Å². The lowest BCUT2D eigenvalue weighted by Gasteiger charge is -2.15. The van der Waals surface area contributed by atoms with Crippen LogP contribution in [0.5, 0.6) is 0 Å². The first-order valence-electron chi connectivity index (χ1n) is 19.2. The molecule has 2 heterocycles. The van der Waals surface area contributed by atoms with E-state index in [1.165, 1.54) is 108 Å². The van der Waals surface area contributed by atoms with Gasteiger partial charge in [0.25, 0.3) is 0 Å². The Labute approximate surface area is 327 Å². The molecule has 0 bridgehead atoms. The highest BCUT2D eigenvalue weighted by Gasteiger charge is 2.18. The molecule has 2 heteroatoms. The molecule has 12 rings (SSSR count). The highest BCUT2D eigenvalue weighted by Crippen LogP contribution is 2.43. The van der Waals surface area contributed by atoms with Gasteiger partial charge in [-0.25, -0.2) is 0 Å². The topological polar surface area (TPSA) is 4.93 Å². The first kappa shape index (κ1) is 31.4. The van der Waals surface area contributed by atoms with Crippen molar-refractivity contribution >= 4 is 85.6 Å². The van der Waals surface area contributed by atoms with Crippen LogP contribution in [0.2, 0.25) is 0 Å². The smallest absolute Gasteiger partial charge is 0.0547 e. The second-order valence-electron chi connectivity index (χ2n) is 14.9. The summed E-state index contributed by atoms with van der Waals surface area (Å²) in [5, 5.41) is 12.8. The molecule has 0 aliphatic rings. The SMILES string of the molecule is c1ccc(-c2cc(-c3ccccc3)cc(-n3c4ccccc4c4cc5c6ccc(-c7ccc8sc9ccccc9c8c7)cc6c6ccccc6c5cc43)c2)cc1. The first-order chi connectivity index (χ1) is 27.7. The summed E-state index contributed by atoms with van der Waals surface area (Å²) in [5.74, 6) is 0. The van der Waals surface area contributed by atoms with Crippen LogP contribution in [0.25, 0.3) is 113 Å². The van der Waals surface area contributed by atoms with Gasteiger partial charge < -0.3 is 4.57 Å². The molecule has 0 fully saturated rings. The van der Waals surface area contributed by atoms with Gasteiger partial charge in [-0.1, -0.05) is 140 Å². The summed E-state index contributed by atoms with van der Waals surface area (Å²) in [7, 11) is 0. The fourth-order valence-electron chi connectivity index (χ4n) is 9.11. The van der Waals surface area contributed by atoms with E-state index in [-0.39, 0.29) is 0 Å². The fourth-order valence-corrected chi connectivity index (χ4v) is 10.2. The van der Waals surface area contributed by atoms with Gasteiger partial charge in [0.2, 0.25) is 0 Å². The Morgan fingerprint density at radius 1 is 0.250 bits per heavy atom. The quantitative estimate of drug-likeness (QED) is 0.159. The molecule has 0 saturated carbocycles. The second kappa shape index (κ2) is 12.3. The van der Waals surface area contributed by atoms with E-state index in [0.717, 1.165) is 5.69 Å². The summed E-state index contributed by atoms with van der Waals surface area (Å²) in [4.78, 5) is 0. The van der Waals surface area contributed by atoms with Crippen molar-refractivity contribution in [3.63, 3.8) is 0 Å². The molecule has 0 saturated heterocycles. The second-order valence-corrected chi connectivity index (χ2v) is 16.0. The minimum atomic E-state index is 1.15. The van der Waals surface area contributed by atoms with Gasteiger partial charge in [0.15, 0.2) is 0 Å². The molecular formula is C54H33NS. The highest BCUT2D eigenvalue weighted by atomic mass is 32.1. The van der Waals surface area contributed by atoms with Crippen LogP contribution in [0.4, 0.5) is 0 Å². The summed E-state index contributed by atoms with van der Waals surface area (Å²) in [6, 6.07) is 74.1. The zero-order valence-electron chi connectivity index (χ0n) is 30.4. The summed E-state index contributed by atoms with van der Waals surface area (Å²) in [6.07, 6.45) is 0. The van der Waals surface area contributed by atoms with Gasteiger partial charge in [0.05, 0.1) is 11.0 Å². The van der Waals surface area contributed by atoms with Gasteiger partial charge in [-0.3, -0.25) is 0 Å². The fraction of sp³-hybridized carbons (Fsp3) is 0. The van der Waals surface area contributed by atoms with E-state index in [0.29, 0.717) is 0 Å². The number of nitrogens with zero attached hydrogens (tertiary/aromatic N) is 1. The Morgan fingerprint density at radius 3 is 1.48 bits per heavy atom. The number of aromatic nitrogens is 1. The minimum absolute atomic E-state index is 1.15. The number of benzene rings is 10. The maximum absolute atomic E-state index is 2.48. The van der Waals surface area contributed by atoms with E-state index in [2.05, 4.69) is 205 Å². The van der Waals surface area contributed by atoms with Crippen molar-refractivity contribution in [3.05, 3.63) is 200 Å². The van der Waals surface area contributed by atoms with Crippen molar-refractivity contribution in [1.82, 2.24) is 4.57 Å². The highest BCUT2D eigenvalue weighted by molar-refractivity contribution is 7.25. The maximum Gasteiger partial charge on any atom is 0.0547 e. The van der Waals surface area contributed by atoms with Gasteiger partial charge in [-0.15, -0.1) is 11.3 Å².